The second kappa shape index (κ2) is 12.2. The van der Waals surface area contributed by atoms with Crippen molar-refractivity contribution < 1.29 is 9.59 Å². The second-order valence-electron chi connectivity index (χ2n) is 8.64. The van der Waals surface area contributed by atoms with Crippen molar-refractivity contribution in [2.75, 3.05) is 0 Å². The van der Waals surface area contributed by atoms with Crippen LogP contribution in [-0.2, 0) is 22.6 Å². The minimum atomic E-state index is -0.583. The van der Waals surface area contributed by atoms with Gasteiger partial charge in [-0.05, 0) is 60.2 Å². The van der Waals surface area contributed by atoms with Gasteiger partial charge in [-0.15, -0.1) is 0 Å². The average Bonchev–Trinajstić information content (AvgIpc) is 2.83. The number of halogens is 2. The van der Waals surface area contributed by atoms with E-state index >= 15 is 0 Å². The van der Waals surface area contributed by atoms with E-state index in [4.69, 9.17) is 23.2 Å². The zero-order valence-electron chi connectivity index (χ0n) is 20.0. The summed E-state index contributed by atoms with van der Waals surface area (Å²) < 4.78 is 0. The number of carbonyl (C=O) groups excluding carboxylic acids is 2. The summed E-state index contributed by atoms with van der Waals surface area (Å²) in [4.78, 5) is 28.3. The van der Waals surface area contributed by atoms with Gasteiger partial charge < -0.3 is 10.2 Å². The summed E-state index contributed by atoms with van der Waals surface area (Å²) in [7, 11) is 0. The third kappa shape index (κ3) is 6.52. The minimum Gasteiger partial charge on any atom is -0.352 e. The molecule has 0 aliphatic rings. The van der Waals surface area contributed by atoms with E-state index in [1.54, 1.807) is 17.0 Å². The Balaban J connectivity index is 1.86. The maximum absolute atomic E-state index is 13.6. The van der Waals surface area contributed by atoms with E-state index in [-0.39, 0.29) is 24.4 Å². The number of nitrogens with zero attached hydrogens (tertiary/aromatic N) is 1. The number of nitrogens with one attached hydrogen (secondary N) is 1. The fourth-order valence-electron chi connectivity index (χ4n) is 4.09. The van der Waals surface area contributed by atoms with Gasteiger partial charge in [-0.25, -0.2) is 0 Å². The molecule has 2 amide bonds. The molecule has 180 valence electrons. The Morgan fingerprint density at radius 2 is 1.68 bits per heavy atom. The third-order valence-corrected chi connectivity index (χ3v) is 6.82. The quantitative estimate of drug-likeness (QED) is 0.334. The van der Waals surface area contributed by atoms with Crippen LogP contribution < -0.4 is 5.32 Å². The molecule has 0 saturated carbocycles. The molecule has 3 aromatic carbocycles. The molecule has 3 rings (SSSR count). The first-order chi connectivity index (χ1) is 16.3. The fraction of sp³-hybridized carbons (Fsp3) is 0.357. The highest BCUT2D eigenvalue weighted by Gasteiger charge is 2.29. The molecule has 0 bridgehead atoms. The normalized spacial score (nSPS) is 12.9. The van der Waals surface area contributed by atoms with E-state index in [9.17, 15) is 9.59 Å². The number of fused-ring (bicyclic) bond motifs is 1. The lowest BCUT2D eigenvalue weighted by atomic mass is 10.00. The molecule has 6 heteroatoms. The molecule has 3 aromatic rings. The largest absolute Gasteiger partial charge is 0.352 e. The van der Waals surface area contributed by atoms with Crippen molar-refractivity contribution in [3.8, 4) is 0 Å². The van der Waals surface area contributed by atoms with Crippen LogP contribution in [0.25, 0.3) is 10.8 Å². The highest BCUT2D eigenvalue weighted by Crippen LogP contribution is 2.25. The molecule has 0 aliphatic carbocycles. The molecule has 0 radical (unpaired) electrons. The lowest BCUT2D eigenvalue weighted by Crippen LogP contribution is -2.50. The highest BCUT2D eigenvalue weighted by molar-refractivity contribution is 6.35. The van der Waals surface area contributed by atoms with Crippen LogP contribution in [0.1, 0.15) is 51.2 Å². The van der Waals surface area contributed by atoms with Crippen molar-refractivity contribution in [1.29, 1.82) is 0 Å². The molecule has 1 N–H and O–H groups in total. The Morgan fingerprint density at radius 3 is 2.38 bits per heavy atom. The number of rotatable bonds is 10. The SMILES string of the molecule is CC[C@@H](C)NC(=O)[C@H](CC)N(Cc1ccc(Cl)cc1Cl)C(=O)CCc1cccc2ccccc12. The highest BCUT2D eigenvalue weighted by atomic mass is 35.5. The molecule has 0 aliphatic heterocycles. The summed E-state index contributed by atoms with van der Waals surface area (Å²) in [5.41, 5.74) is 1.88. The van der Waals surface area contributed by atoms with Gasteiger partial charge in [0.25, 0.3) is 0 Å². The molecular formula is C28H32Cl2N2O2. The molecule has 0 fully saturated rings. The number of carbonyl (C=O) groups is 2. The van der Waals surface area contributed by atoms with E-state index in [1.165, 1.54) is 0 Å². The lowest BCUT2D eigenvalue weighted by molar-refractivity contribution is -0.141. The maximum Gasteiger partial charge on any atom is 0.243 e. The minimum absolute atomic E-state index is 0.0355. The Labute approximate surface area is 212 Å². The van der Waals surface area contributed by atoms with Crippen molar-refractivity contribution in [1.82, 2.24) is 10.2 Å². The second-order valence-corrected chi connectivity index (χ2v) is 9.48. The van der Waals surface area contributed by atoms with Crippen LogP contribution >= 0.6 is 23.2 Å². The number of benzene rings is 3. The molecule has 0 unspecified atom stereocenters. The Kier molecular flexibility index (Phi) is 9.37. The van der Waals surface area contributed by atoms with Crippen molar-refractivity contribution in [2.45, 2.75) is 65.1 Å². The van der Waals surface area contributed by atoms with Gasteiger partial charge >= 0.3 is 0 Å². The first kappa shape index (κ1) is 26.1. The lowest BCUT2D eigenvalue weighted by Gasteiger charge is -2.32. The standard InChI is InChI=1S/C28H32Cl2N2O2/c1-4-19(3)31-28(34)26(5-2)32(18-22-13-15-23(29)17-25(22)30)27(33)16-14-21-11-8-10-20-9-6-7-12-24(20)21/h6-13,15,17,19,26H,4-5,14,16,18H2,1-3H3,(H,31,34)/t19-,26+/m1/s1. The predicted octanol–water partition coefficient (Wildman–Crippen LogP) is 6.80. The monoisotopic (exact) mass is 498 g/mol. The summed E-state index contributed by atoms with van der Waals surface area (Å²) >= 11 is 12.5. The smallest absolute Gasteiger partial charge is 0.243 e. The molecule has 2 atom stereocenters. The van der Waals surface area contributed by atoms with E-state index in [1.807, 2.05) is 45.0 Å². The first-order valence-electron chi connectivity index (χ1n) is 11.8. The topological polar surface area (TPSA) is 49.4 Å². The Bertz CT molecular complexity index is 1140. The van der Waals surface area contributed by atoms with Crippen LogP contribution in [0.4, 0.5) is 0 Å². The molecule has 0 saturated heterocycles. The average molecular weight is 499 g/mol. The van der Waals surface area contributed by atoms with E-state index in [2.05, 4.69) is 29.6 Å². The zero-order chi connectivity index (χ0) is 24.7. The fourth-order valence-corrected chi connectivity index (χ4v) is 4.56. The zero-order valence-corrected chi connectivity index (χ0v) is 21.5. The number of hydrogen-bond donors (Lipinski definition) is 1. The number of aryl methyl sites for hydroxylation is 1. The van der Waals surface area contributed by atoms with Crippen LogP contribution in [0.3, 0.4) is 0 Å². The van der Waals surface area contributed by atoms with E-state index in [0.717, 1.165) is 28.3 Å². The van der Waals surface area contributed by atoms with Gasteiger partial charge in [-0.1, -0.05) is 85.6 Å². The van der Waals surface area contributed by atoms with Gasteiger partial charge in [0.15, 0.2) is 0 Å². The third-order valence-electron chi connectivity index (χ3n) is 6.23. The van der Waals surface area contributed by atoms with Crippen LogP contribution in [0.2, 0.25) is 10.0 Å². The van der Waals surface area contributed by atoms with Gasteiger partial charge in [-0.3, -0.25) is 9.59 Å². The number of amides is 2. The predicted molar refractivity (Wildman–Crippen MR) is 141 cm³/mol. The van der Waals surface area contributed by atoms with Gasteiger partial charge in [0.05, 0.1) is 0 Å². The van der Waals surface area contributed by atoms with Gasteiger partial charge in [-0.2, -0.15) is 0 Å². The first-order valence-corrected chi connectivity index (χ1v) is 12.6. The van der Waals surface area contributed by atoms with Crippen LogP contribution in [-0.4, -0.2) is 28.8 Å². The van der Waals surface area contributed by atoms with Crippen LogP contribution in [0.15, 0.2) is 60.7 Å². The van der Waals surface area contributed by atoms with Gasteiger partial charge in [0.1, 0.15) is 6.04 Å². The van der Waals surface area contributed by atoms with Crippen molar-refractivity contribution in [3.05, 3.63) is 81.8 Å². The Morgan fingerprint density at radius 1 is 0.941 bits per heavy atom. The molecule has 0 heterocycles. The summed E-state index contributed by atoms with van der Waals surface area (Å²) in [6, 6.07) is 19.0. The summed E-state index contributed by atoms with van der Waals surface area (Å²) in [5.74, 6) is -0.217. The summed E-state index contributed by atoms with van der Waals surface area (Å²) in [5, 5.41) is 6.35. The summed E-state index contributed by atoms with van der Waals surface area (Å²) in [6.45, 7) is 6.16. The van der Waals surface area contributed by atoms with Crippen LogP contribution in [0.5, 0.6) is 0 Å². The van der Waals surface area contributed by atoms with Gasteiger partial charge in [0.2, 0.25) is 11.8 Å². The molecule has 34 heavy (non-hydrogen) atoms. The molecule has 0 aromatic heterocycles. The van der Waals surface area contributed by atoms with Crippen LogP contribution in [0, 0.1) is 0 Å². The van der Waals surface area contributed by atoms with E-state index in [0.29, 0.717) is 29.3 Å². The van der Waals surface area contributed by atoms with Crippen molar-refractivity contribution >= 4 is 45.8 Å². The molecule has 4 nitrogen and oxygen atoms in total. The number of hydrogen-bond acceptors (Lipinski definition) is 2. The van der Waals surface area contributed by atoms with Gasteiger partial charge in [0, 0.05) is 29.1 Å². The van der Waals surface area contributed by atoms with Crippen molar-refractivity contribution in [3.63, 3.8) is 0 Å². The van der Waals surface area contributed by atoms with Crippen molar-refractivity contribution in [2.24, 2.45) is 0 Å². The summed E-state index contributed by atoms with van der Waals surface area (Å²) in [6.07, 6.45) is 2.22. The van der Waals surface area contributed by atoms with E-state index < -0.39 is 6.04 Å². The Hall–Kier alpha value is -2.56. The molecular weight excluding hydrogens is 467 g/mol. The molecule has 0 spiro atoms. The maximum atomic E-state index is 13.6.